The molecule has 0 aliphatic carbocycles. The third kappa shape index (κ3) is 4.10. The summed E-state index contributed by atoms with van der Waals surface area (Å²) in [5, 5.41) is 8.85. The topological polar surface area (TPSA) is 62.0 Å². The summed E-state index contributed by atoms with van der Waals surface area (Å²) >= 11 is 0. The van der Waals surface area contributed by atoms with Crippen LogP contribution in [-0.4, -0.2) is 57.2 Å². The Morgan fingerprint density at radius 3 is 2.38 bits per heavy atom. The van der Waals surface area contributed by atoms with Crippen molar-refractivity contribution in [1.82, 2.24) is 4.31 Å². The summed E-state index contributed by atoms with van der Waals surface area (Å²) in [6.07, 6.45) is 0. The number of aliphatic hydroxyl groups excluding tert-OH is 1. The first-order valence-electron chi connectivity index (χ1n) is 6.35. The second-order valence-corrected chi connectivity index (χ2v) is 6.61. The highest BCUT2D eigenvalue weighted by atomic mass is 35.5. The summed E-state index contributed by atoms with van der Waals surface area (Å²) < 4.78 is 52.2. The van der Waals surface area contributed by atoms with Crippen molar-refractivity contribution in [1.29, 1.82) is 0 Å². The molecule has 0 unspecified atom stereocenters. The number of hydrogen-bond donors (Lipinski definition) is 2. The quantitative estimate of drug-likeness (QED) is 0.584. The number of sulfonamides is 1. The highest BCUT2D eigenvalue weighted by molar-refractivity contribution is 7.89. The number of piperazine rings is 1. The van der Waals surface area contributed by atoms with Crippen LogP contribution < -0.4 is 17.3 Å². The maximum atomic E-state index is 13.6. The SMILES string of the molecule is O=S(=O)(c1ccc(F)cc1F)N1CC[NH+](CCO)CC1.[Cl-]. The number of rotatable bonds is 4. The molecule has 0 atom stereocenters. The van der Waals surface area contributed by atoms with Gasteiger partial charge in [0.1, 0.15) is 23.1 Å². The van der Waals surface area contributed by atoms with Crippen LogP contribution in [0.1, 0.15) is 0 Å². The van der Waals surface area contributed by atoms with E-state index in [0.29, 0.717) is 25.7 Å². The van der Waals surface area contributed by atoms with Crippen LogP contribution in [0.15, 0.2) is 23.1 Å². The Bertz CT molecular complexity index is 578. The first-order valence-corrected chi connectivity index (χ1v) is 7.79. The van der Waals surface area contributed by atoms with E-state index in [9.17, 15) is 17.2 Å². The molecule has 2 rings (SSSR count). The molecule has 1 heterocycles. The van der Waals surface area contributed by atoms with Gasteiger partial charge in [-0.3, -0.25) is 0 Å². The summed E-state index contributed by atoms with van der Waals surface area (Å²) in [7, 11) is -3.93. The molecule has 0 spiro atoms. The summed E-state index contributed by atoms with van der Waals surface area (Å²) in [6, 6.07) is 2.45. The van der Waals surface area contributed by atoms with Crippen LogP contribution in [0, 0.1) is 11.6 Å². The standard InChI is InChI=1S/C12H16F2N2O3S.ClH/c13-10-1-2-12(11(14)9-10)20(18,19)16-5-3-15(4-6-16)7-8-17;/h1-2,9,17H,3-8H2;1H. The average molecular weight is 343 g/mol. The molecule has 21 heavy (non-hydrogen) atoms. The van der Waals surface area contributed by atoms with Gasteiger partial charge in [-0.05, 0) is 12.1 Å². The molecular weight excluding hydrogens is 326 g/mol. The van der Waals surface area contributed by atoms with E-state index in [1.54, 1.807) is 0 Å². The number of nitrogens with zero attached hydrogens (tertiary/aromatic N) is 1. The van der Waals surface area contributed by atoms with Crippen LogP contribution >= 0.6 is 0 Å². The molecule has 0 amide bonds. The van der Waals surface area contributed by atoms with Gasteiger partial charge in [0, 0.05) is 6.07 Å². The molecule has 1 aliphatic rings. The average Bonchev–Trinajstić information content (AvgIpc) is 2.39. The Balaban J connectivity index is 0.00000220. The van der Waals surface area contributed by atoms with E-state index in [0.717, 1.165) is 17.0 Å². The van der Waals surface area contributed by atoms with Crippen LogP contribution in [0.3, 0.4) is 0 Å². The van der Waals surface area contributed by atoms with Gasteiger partial charge in [-0.25, -0.2) is 17.2 Å². The third-order valence-electron chi connectivity index (χ3n) is 3.41. The number of hydrogen-bond acceptors (Lipinski definition) is 3. The van der Waals surface area contributed by atoms with E-state index in [2.05, 4.69) is 0 Å². The van der Waals surface area contributed by atoms with Crippen molar-refractivity contribution in [2.24, 2.45) is 0 Å². The lowest BCUT2D eigenvalue weighted by atomic mass is 10.3. The third-order valence-corrected chi connectivity index (χ3v) is 5.34. The van der Waals surface area contributed by atoms with Crippen molar-refractivity contribution in [3.05, 3.63) is 29.8 Å². The van der Waals surface area contributed by atoms with Gasteiger partial charge in [0.15, 0.2) is 0 Å². The zero-order valence-electron chi connectivity index (χ0n) is 11.2. The molecule has 0 bridgehead atoms. The molecule has 9 heteroatoms. The van der Waals surface area contributed by atoms with Gasteiger partial charge in [0.05, 0.1) is 32.8 Å². The van der Waals surface area contributed by atoms with Crippen LogP contribution in [0.4, 0.5) is 8.78 Å². The first kappa shape index (κ1) is 18.2. The van der Waals surface area contributed by atoms with Crippen molar-refractivity contribution in [3.63, 3.8) is 0 Å². The molecule has 1 saturated heterocycles. The van der Waals surface area contributed by atoms with Gasteiger partial charge < -0.3 is 22.4 Å². The van der Waals surface area contributed by atoms with Gasteiger partial charge in [0.2, 0.25) is 10.0 Å². The fraction of sp³-hybridized carbons (Fsp3) is 0.500. The number of benzene rings is 1. The molecule has 2 N–H and O–H groups in total. The van der Waals surface area contributed by atoms with Crippen molar-refractivity contribution >= 4 is 10.0 Å². The van der Waals surface area contributed by atoms with Crippen molar-refractivity contribution in [2.75, 3.05) is 39.3 Å². The van der Waals surface area contributed by atoms with Crippen LogP contribution in [0.25, 0.3) is 0 Å². The summed E-state index contributed by atoms with van der Waals surface area (Å²) in [5.74, 6) is -1.88. The van der Waals surface area contributed by atoms with Gasteiger partial charge in [-0.2, -0.15) is 4.31 Å². The van der Waals surface area contributed by atoms with E-state index in [1.807, 2.05) is 0 Å². The van der Waals surface area contributed by atoms with Crippen LogP contribution in [0.5, 0.6) is 0 Å². The Morgan fingerprint density at radius 1 is 1.24 bits per heavy atom. The molecule has 1 aromatic rings. The molecule has 0 radical (unpaired) electrons. The van der Waals surface area contributed by atoms with Crippen molar-refractivity contribution < 1.29 is 39.6 Å². The monoisotopic (exact) mass is 342 g/mol. The highest BCUT2D eigenvalue weighted by Crippen LogP contribution is 2.20. The smallest absolute Gasteiger partial charge is 0.246 e. The molecular formula is C12H17ClF2N2O3S. The minimum absolute atomic E-state index is 0. The number of quaternary nitrogens is 1. The summed E-state index contributed by atoms with van der Waals surface area (Å²) in [4.78, 5) is 0.614. The van der Waals surface area contributed by atoms with Crippen molar-refractivity contribution in [2.45, 2.75) is 4.90 Å². The van der Waals surface area contributed by atoms with Gasteiger partial charge in [-0.1, -0.05) is 0 Å². The first-order chi connectivity index (χ1) is 9.45. The predicted octanol–water partition coefficient (Wildman–Crippen LogP) is -4.15. The van der Waals surface area contributed by atoms with E-state index in [1.165, 1.54) is 4.31 Å². The Morgan fingerprint density at radius 2 is 1.86 bits per heavy atom. The molecule has 120 valence electrons. The molecule has 1 fully saturated rings. The van der Waals surface area contributed by atoms with E-state index in [4.69, 9.17) is 5.11 Å². The number of halogens is 3. The molecule has 1 aromatic carbocycles. The van der Waals surface area contributed by atoms with Gasteiger partial charge in [0.25, 0.3) is 0 Å². The lowest BCUT2D eigenvalue weighted by molar-refractivity contribution is -0.904. The predicted molar refractivity (Wildman–Crippen MR) is 67.8 cm³/mol. The lowest BCUT2D eigenvalue weighted by Gasteiger charge is -2.31. The maximum absolute atomic E-state index is 13.6. The van der Waals surface area contributed by atoms with Crippen LogP contribution in [0.2, 0.25) is 0 Å². The lowest BCUT2D eigenvalue weighted by Crippen LogP contribution is -3.15. The maximum Gasteiger partial charge on any atom is 0.246 e. The largest absolute Gasteiger partial charge is 1.00 e. The number of nitrogens with one attached hydrogen (secondary N) is 1. The summed E-state index contributed by atoms with van der Waals surface area (Å²) in [5.41, 5.74) is 0. The fourth-order valence-corrected chi connectivity index (χ4v) is 3.76. The Labute approximate surface area is 128 Å². The van der Waals surface area contributed by atoms with Gasteiger partial charge >= 0.3 is 0 Å². The van der Waals surface area contributed by atoms with E-state index in [-0.39, 0.29) is 32.1 Å². The second kappa shape index (κ2) is 7.46. The van der Waals surface area contributed by atoms with E-state index >= 15 is 0 Å². The normalized spacial score (nSPS) is 17.5. The Hall–Kier alpha value is -0.800. The fourth-order valence-electron chi connectivity index (χ4n) is 2.27. The number of aliphatic hydroxyl groups is 1. The second-order valence-electron chi connectivity index (χ2n) is 4.70. The highest BCUT2D eigenvalue weighted by Gasteiger charge is 2.32. The zero-order chi connectivity index (χ0) is 14.8. The minimum Gasteiger partial charge on any atom is -1.00 e. The van der Waals surface area contributed by atoms with Gasteiger partial charge in [-0.15, -0.1) is 0 Å². The zero-order valence-corrected chi connectivity index (χ0v) is 12.8. The molecule has 5 nitrogen and oxygen atoms in total. The van der Waals surface area contributed by atoms with E-state index < -0.39 is 26.6 Å². The summed E-state index contributed by atoms with van der Waals surface area (Å²) in [6.45, 7) is 2.25. The van der Waals surface area contributed by atoms with Crippen LogP contribution in [-0.2, 0) is 10.0 Å². The van der Waals surface area contributed by atoms with Crippen molar-refractivity contribution in [3.8, 4) is 0 Å². The minimum atomic E-state index is -3.93. The molecule has 0 aromatic heterocycles. The Kier molecular flexibility index (Phi) is 6.48. The molecule has 1 aliphatic heterocycles. The molecule has 0 saturated carbocycles.